The first-order chi connectivity index (χ1) is 18.8. The number of hydrogen-bond donors (Lipinski definition) is 0. The van der Waals surface area contributed by atoms with Gasteiger partial charge in [-0.1, -0.05) is 140 Å². The van der Waals surface area contributed by atoms with Crippen LogP contribution in [0.2, 0.25) is 0 Å². The van der Waals surface area contributed by atoms with Gasteiger partial charge >= 0.3 is 0 Å². The van der Waals surface area contributed by atoms with Gasteiger partial charge in [-0.05, 0) is 64.2 Å². The molecule has 218 valence electrons. The van der Waals surface area contributed by atoms with Gasteiger partial charge in [-0.2, -0.15) is 5.26 Å². The lowest BCUT2D eigenvalue weighted by Crippen LogP contribution is -2.12. The minimum atomic E-state index is -0.348. The van der Waals surface area contributed by atoms with Crippen LogP contribution in [0.15, 0.2) is 11.1 Å². The molecule has 0 aliphatic heterocycles. The molecule has 0 N–H and O–H groups in total. The van der Waals surface area contributed by atoms with Crippen molar-refractivity contribution in [3.63, 3.8) is 0 Å². The standard InChI is InChI=1S/C36H63NO/c37-32-35-30-24-18-12-7-6-11-17-23-29-34-28-22-16-10-5-4-9-15-21-27-33(34)26-20-14-8-2-1-3-13-19-25-31-36(35)38/h35H,1-31H2/b34-33+. The topological polar surface area (TPSA) is 40.9 Å². The summed E-state index contributed by atoms with van der Waals surface area (Å²) in [5, 5.41) is 9.47. The Labute approximate surface area is 237 Å². The van der Waals surface area contributed by atoms with E-state index in [0.717, 1.165) is 25.7 Å². The average Bonchev–Trinajstić information content (AvgIpc) is 2.92. The van der Waals surface area contributed by atoms with Crippen molar-refractivity contribution in [1.29, 1.82) is 5.26 Å². The fraction of sp³-hybridized carbons (Fsp3) is 0.889. The van der Waals surface area contributed by atoms with Gasteiger partial charge in [0, 0.05) is 6.42 Å². The van der Waals surface area contributed by atoms with E-state index in [2.05, 4.69) is 6.07 Å². The van der Waals surface area contributed by atoms with Crippen molar-refractivity contribution in [3.05, 3.63) is 11.1 Å². The molecule has 1 atom stereocenters. The maximum Gasteiger partial charge on any atom is 0.149 e. The van der Waals surface area contributed by atoms with Crippen LogP contribution in [0, 0.1) is 17.2 Å². The summed E-state index contributed by atoms with van der Waals surface area (Å²) in [6.45, 7) is 0. The van der Waals surface area contributed by atoms with Crippen molar-refractivity contribution >= 4 is 5.78 Å². The molecule has 1 unspecified atom stereocenters. The van der Waals surface area contributed by atoms with Gasteiger partial charge in [0.05, 0.1) is 6.07 Å². The Kier molecular flexibility index (Phi) is 20.7. The highest BCUT2D eigenvalue weighted by molar-refractivity contribution is 5.83. The molecule has 2 aliphatic rings. The molecule has 2 rings (SSSR count). The largest absolute Gasteiger partial charge is 0.298 e. The lowest BCUT2D eigenvalue weighted by atomic mass is 9.89. The summed E-state index contributed by atoms with van der Waals surface area (Å²) in [6, 6.07) is 2.30. The molecule has 0 bridgehead atoms. The highest BCUT2D eigenvalue weighted by Crippen LogP contribution is 2.29. The molecule has 0 spiro atoms. The van der Waals surface area contributed by atoms with E-state index in [0.29, 0.717) is 6.42 Å². The SMILES string of the molecule is N#CC1CCCCCCCCCC/C2=C(\CCCCCCCCCCCC1=O)CCCCCCCCCC2. The predicted molar refractivity (Wildman–Crippen MR) is 164 cm³/mol. The highest BCUT2D eigenvalue weighted by Gasteiger charge is 2.16. The summed E-state index contributed by atoms with van der Waals surface area (Å²) >= 11 is 0. The van der Waals surface area contributed by atoms with Gasteiger partial charge in [-0.3, -0.25) is 4.79 Å². The first kappa shape index (κ1) is 33.1. The lowest BCUT2D eigenvalue weighted by molar-refractivity contribution is -0.121. The molecule has 0 aromatic heterocycles. The van der Waals surface area contributed by atoms with E-state index in [1.165, 1.54) is 167 Å². The molecular weight excluding hydrogens is 462 g/mol. The second-order valence-electron chi connectivity index (χ2n) is 12.7. The molecule has 0 fully saturated rings. The molecule has 0 amide bonds. The van der Waals surface area contributed by atoms with Crippen molar-refractivity contribution in [2.24, 2.45) is 5.92 Å². The zero-order valence-electron chi connectivity index (χ0n) is 25.4. The van der Waals surface area contributed by atoms with Crippen molar-refractivity contribution in [3.8, 4) is 6.07 Å². The predicted octanol–water partition coefficient (Wildman–Crippen LogP) is 12.1. The van der Waals surface area contributed by atoms with E-state index < -0.39 is 0 Å². The van der Waals surface area contributed by atoms with Gasteiger partial charge in [0.2, 0.25) is 0 Å². The van der Waals surface area contributed by atoms with Crippen LogP contribution in [0.25, 0.3) is 0 Å². The van der Waals surface area contributed by atoms with Gasteiger partial charge in [0.15, 0.2) is 0 Å². The Morgan fingerprint density at radius 3 is 0.974 bits per heavy atom. The summed E-state index contributed by atoms with van der Waals surface area (Å²) < 4.78 is 0. The maximum atomic E-state index is 12.5. The number of carbonyl (C=O) groups excluding carboxylic acids is 1. The number of allylic oxidation sites excluding steroid dienone is 2. The summed E-state index contributed by atoms with van der Waals surface area (Å²) in [4.78, 5) is 12.5. The molecule has 0 saturated heterocycles. The van der Waals surface area contributed by atoms with Crippen LogP contribution in [-0.4, -0.2) is 5.78 Å². The zero-order valence-corrected chi connectivity index (χ0v) is 25.4. The van der Waals surface area contributed by atoms with E-state index in [-0.39, 0.29) is 11.7 Å². The summed E-state index contributed by atoms with van der Waals surface area (Å²) in [5.74, 6) is -0.141. The summed E-state index contributed by atoms with van der Waals surface area (Å²) in [7, 11) is 0. The third kappa shape index (κ3) is 16.8. The lowest BCUT2D eigenvalue weighted by Gasteiger charge is -2.18. The van der Waals surface area contributed by atoms with E-state index in [1.54, 1.807) is 0 Å². The third-order valence-corrected chi connectivity index (χ3v) is 9.37. The number of hydrogen-bond acceptors (Lipinski definition) is 2. The van der Waals surface area contributed by atoms with Crippen LogP contribution in [0.4, 0.5) is 0 Å². The highest BCUT2D eigenvalue weighted by atomic mass is 16.1. The summed E-state index contributed by atoms with van der Waals surface area (Å²) in [5.41, 5.74) is 3.78. The van der Waals surface area contributed by atoms with Gasteiger partial charge in [0.1, 0.15) is 11.7 Å². The van der Waals surface area contributed by atoms with E-state index in [1.807, 2.05) is 11.1 Å². The fourth-order valence-electron chi connectivity index (χ4n) is 6.79. The van der Waals surface area contributed by atoms with Gasteiger partial charge < -0.3 is 0 Å². The first-order valence-corrected chi connectivity index (χ1v) is 17.4. The molecule has 2 heteroatoms. The molecule has 0 radical (unpaired) electrons. The molecule has 0 heterocycles. The van der Waals surface area contributed by atoms with Crippen LogP contribution in [0.3, 0.4) is 0 Å². The fourth-order valence-corrected chi connectivity index (χ4v) is 6.79. The Hall–Kier alpha value is -1.10. The second-order valence-corrected chi connectivity index (χ2v) is 12.7. The number of nitriles is 1. The van der Waals surface area contributed by atoms with E-state index >= 15 is 0 Å². The molecule has 2 nitrogen and oxygen atoms in total. The van der Waals surface area contributed by atoms with Crippen molar-refractivity contribution < 1.29 is 4.79 Å². The van der Waals surface area contributed by atoms with Crippen molar-refractivity contribution in [2.45, 2.75) is 199 Å². The number of Topliss-reactive ketones (excluding diaryl/α,β-unsaturated/α-hetero) is 1. The Balaban J connectivity index is 1.86. The first-order valence-electron chi connectivity index (χ1n) is 17.4. The minimum absolute atomic E-state index is 0.207. The zero-order chi connectivity index (χ0) is 26.9. The third-order valence-electron chi connectivity index (χ3n) is 9.37. The second kappa shape index (κ2) is 23.8. The molecule has 0 aromatic rings. The van der Waals surface area contributed by atoms with E-state index in [4.69, 9.17) is 0 Å². The molecule has 0 aromatic carbocycles. The number of nitrogens with zero attached hydrogens (tertiary/aromatic N) is 1. The number of carbonyl (C=O) groups is 1. The van der Waals surface area contributed by atoms with Gasteiger partial charge in [-0.15, -0.1) is 0 Å². The minimum Gasteiger partial charge on any atom is -0.298 e. The molecule has 2 aliphatic carbocycles. The van der Waals surface area contributed by atoms with Gasteiger partial charge in [-0.25, -0.2) is 0 Å². The number of rotatable bonds is 0. The number of ketones is 1. The maximum absolute atomic E-state index is 12.5. The Bertz CT molecular complexity index is 657. The molecule has 38 heavy (non-hydrogen) atoms. The monoisotopic (exact) mass is 525 g/mol. The Morgan fingerprint density at radius 2 is 0.658 bits per heavy atom. The quantitative estimate of drug-likeness (QED) is 0.295. The van der Waals surface area contributed by atoms with Crippen LogP contribution in [0.1, 0.15) is 199 Å². The van der Waals surface area contributed by atoms with Crippen LogP contribution in [-0.2, 0) is 4.79 Å². The van der Waals surface area contributed by atoms with Crippen LogP contribution in [0.5, 0.6) is 0 Å². The molecule has 0 saturated carbocycles. The molecular formula is C36H63NO. The van der Waals surface area contributed by atoms with E-state index in [9.17, 15) is 10.1 Å². The smallest absolute Gasteiger partial charge is 0.149 e. The summed E-state index contributed by atoms with van der Waals surface area (Å²) in [6.07, 6.45) is 40.5. The van der Waals surface area contributed by atoms with Crippen molar-refractivity contribution in [1.82, 2.24) is 0 Å². The van der Waals surface area contributed by atoms with Crippen LogP contribution < -0.4 is 0 Å². The van der Waals surface area contributed by atoms with Crippen LogP contribution >= 0.6 is 0 Å². The van der Waals surface area contributed by atoms with Gasteiger partial charge in [0.25, 0.3) is 0 Å². The average molecular weight is 526 g/mol. The Morgan fingerprint density at radius 1 is 0.395 bits per heavy atom. The normalized spacial score (nSPS) is 27.3. The van der Waals surface area contributed by atoms with Crippen molar-refractivity contribution in [2.75, 3.05) is 0 Å².